The number of aromatic nitrogens is 1. The normalized spacial score (nSPS) is 12.4. The molecule has 1 unspecified atom stereocenters. The van der Waals surface area contributed by atoms with Gasteiger partial charge in [-0.1, -0.05) is 32.3 Å². The smallest absolute Gasteiger partial charge is 0.191 e. The van der Waals surface area contributed by atoms with E-state index in [2.05, 4.69) is 40.5 Å². The molecule has 0 amide bonds. The minimum absolute atomic E-state index is 0. The molecule has 0 bridgehead atoms. The highest BCUT2D eigenvalue weighted by molar-refractivity contribution is 14.0. The Labute approximate surface area is 146 Å². The summed E-state index contributed by atoms with van der Waals surface area (Å²) in [5.74, 6) is 0.887. The molecule has 0 saturated heterocycles. The van der Waals surface area contributed by atoms with Crippen molar-refractivity contribution in [2.24, 2.45) is 4.99 Å². The molecule has 0 saturated carbocycles. The van der Waals surface area contributed by atoms with Crippen LogP contribution in [0.3, 0.4) is 0 Å². The minimum atomic E-state index is 0. The molecule has 4 nitrogen and oxygen atoms in total. The van der Waals surface area contributed by atoms with Crippen molar-refractivity contribution in [2.75, 3.05) is 13.6 Å². The Morgan fingerprint density at radius 2 is 2.19 bits per heavy atom. The first-order valence-corrected chi connectivity index (χ1v) is 7.62. The van der Waals surface area contributed by atoms with Gasteiger partial charge in [-0.25, -0.2) is 0 Å². The number of hydrogen-bond acceptors (Lipinski definition) is 2. The second-order valence-corrected chi connectivity index (χ2v) is 5.15. The lowest BCUT2D eigenvalue weighted by Crippen LogP contribution is -2.42. The van der Waals surface area contributed by atoms with Crippen LogP contribution in [0.25, 0.3) is 0 Å². The number of aliphatic imine (C=N–C) groups is 1. The number of nitrogens with one attached hydrogen (secondary N) is 2. The zero-order valence-electron chi connectivity index (χ0n) is 13.4. The number of rotatable bonds is 8. The monoisotopic (exact) mass is 404 g/mol. The Hall–Kier alpha value is -0.850. The highest BCUT2D eigenvalue weighted by atomic mass is 127. The zero-order valence-corrected chi connectivity index (χ0v) is 15.8. The molecule has 1 rings (SSSR count). The van der Waals surface area contributed by atoms with Crippen LogP contribution in [0.4, 0.5) is 0 Å². The van der Waals surface area contributed by atoms with Gasteiger partial charge in [-0.15, -0.1) is 24.0 Å². The number of pyridine rings is 1. The van der Waals surface area contributed by atoms with Crippen molar-refractivity contribution in [3.8, 4) is 0 Å². The van der Waals surface area contributed by atoms with Crippen molar-refractivity contribution < 1.29 is 0 Å². The quantitative estimate of drug-likeness (QED) is 0.302. The van der Waals surface area contributed by atoms with Crippen LogP contribution in [-0.4, -0.2) is 30.6 Å². The van der Waals surface area contributed by atoms with E-state index in [9.17, 15) is 0 Å². The molecule has 0 spiro atoms. The first-order chi connectivity index (χ1) is 9.76. The number of guanidine groups is 1. The predicted molar refractivity (Wildman–Crippen MR) is 101 cm³/mol. The Bertz CT molecular complexity index is 381. The zero-order chi connectivity index (χ0) is 14.6. The standard InChI is InChI=1S/C16H28N4.HI/c1-4-5-6-8-14(2)20-16(17-3)19-12-10-15-9-7-11-18-13-15;/h7,9,11,13-14H,4-6,8,10,12H2,1-3H3,(H2,17,19,20);1H. The summed E-state index contributed by atoms with van der Waals surface area (Å²) in [7, 11) is 1.82. The molecule has 21 heavy (non-hydrogen) atoms. The van der Waals surface area contributed by atoms with E-state index >= 15 is 0 Å². The van der Waals surface area contributed by atoms with Crippen LogP contribution in [0.15, 0.2) is 29.5 Å². The van der Waals surface area contributed by atoms with E-state index in [1.54, 1.807) is 6.20 Å². The van der Waals surface area contributed by atoms with Crippen molar-refractivity contribution in [1.82, 2.24) is 15.6 Å². The van der Waals surface area contributed by atoms with Gasteiger partial charge in [-0.3, -0.25) is 9.98 Å². The summed E-state index contributed by atoms with van der Waals surface area (Å²) in [5.41, 5.74) is 1.24. The van der Waals surface area contributed by atoms with E-state index in [4.69, 9.17) is 0 Å². The van der Waals surface area contributed by atoms with E-state index in [1.165, 1.54) is 31.2 Å². The summed E-state index contributed by atoms with van der Waals surface area (Å²) in [6, 6.07) is 4.53. The Balaban J connectivity index is 0.00000400. The van der Waals surface area contributed by atoms with Crippen LogP contribution in [0.2, 0.25) is 0 Å². The Morgan fingerprint density at radius 1 is 1.38 bits per heavy atom. The van der Waals surface area contributed by atoms with Crippen molar-refractivity contribution >= 4 is 29.9 Å². The second kappa shape index (κ2) is 12.9. The molecule has 5 heteroatoms. The maximum Gasteiger partial charge on any atom is 0.191 e. The number of halogens is 1. The van der Waals surface area contributed by atoms with E-state index in [0.717, 1.165) is 18.9 Å². The first kappa shape index (κ1) is 20.1. The summed E-state index contributed by atoms with van der Waals surface area (Å²) < 4.78 is 0. The molecular weight excluding hydrogens is 375 g/mol. The van der Waals surface area contributed by atoms with Gasteiger partial charge in [0.05, 0.1) is 0 Å². The van der Waals surface area contributed by atoms with Gasteiger partial charge in [0.25, 0.3) is 0 Å². The molecule has 0 aliphatic heterocycles. The molecule has 0 fully saturated rings. The molecule has 1 aromatic rings. The van der Waals surface area contributed by atoms with Gasteiger partial charge in [0, 0.05) is 32.0 Å². The molecule has 1 atom stereocenters. The third-order valence-corrected chi connectivity index (χ3v) is 3.28. The summed E-state index contributed by atoms with van der Waals surface area (Å²) >= 11 is 0. The molecule has 1 heterocycles. The average Bonchev–Trinajstić information content (AvgIpc) is 2.47. The Morgan fingerprint density at radius 3 is 2.81 bits per heavy atom. The topological polar surface area (TPSA) is 49.3 Å². The van der Waals surface area contributed by atoms with Crippen LogP contribution in [-0.2, 0) is 6.42 Å². The third kappa shape index (κ3) is 9.66. The van der Waals surface area contributed by atoms with Crippen LogP contribution in [0, 0.1) is 0 Å². The highest BCUT2D eigenvalue weighted by Crippen LogP contribution is 2.02. The highest BCUT2D eigenvalue weighted by Gasteiger charge is 2.04. The molecule has 0 radical (unpaired) electrons. The lowest BCUT2D eigenvalue weighted by Gasteiger charge is -2.17. The molecular formula is C16H29IN4. The van der Waals surface area contributed by atoms with E-state index in [0.29, 0.717) is 6.04 Å². The van der Waals surface area contributed by atoms with Crippen LogP contribution in [0.1, 0.15) is 45.1 Å². The molecule has 120 valence electrons. The fourth-order valence-corrected chi connectivity index (χ4v) is 2.07. The molecule has 0 aromatic carbocycles. The summed E-state index contributed by atoms with van der Waals surface area (Å²) in [6.07, 6.45) is 9.71. The third-order valence-electron chi connectivity index (χ3n) is 3.28. The SMILES string of the molecule is CCCCCC(C)NC(=NC)NCCc1cccnc1.I. The van der Waals surface area contributed by atoms with E-state index in [-0.39, 0.29) is 24.0 Å². The van der Waals surface area contributed by atoms with Gasteiger partial charge in [-0.2, -0.15) is 0 Å². The Kier molecular flexibility index (Phi) is 12.3. The minimum Gasteiger partial charge on any atom is -0.356 e. The second-order valence-electron chi connectivity index (χ2n) is 5.15. The van der Waals surface area contributed by atoms with Crippen molar-refractivity contribution in [2.45, 2.75) is 52.0 Å². The largest absolute Gasteiger partial charge is 0.356 e. The maximum absolute atomic E-state index is 4.27. The predicted octanol–water partition coefficient (Wildman–Crippen LogP) is 3.38. The van der Waals surface area contributed by atoms with Crippen LogP contribution >= 0.6 is 24.0 Å². The lowest BCUT2D eigenvalue weighted by atomic mass is 10.1. The van der Waals surface area contributed by atoms with Crippen molar-refractivity contribution in [1.29, 1.82) is 0 Å². The lowest BCUT2D eigenvalue weighted by molar-refractivity contribution is 0.547. The maximum atomic E-state index is 4.27. The average molecular weight is 404 g/mol. The van der Waals surface area contributed by atoms with Gasteiger partial charge < -0.3 is 10.6 Å². The molecule has 0 aliphatic rings. The fourth-order valence-electron chi connectivity index (χ4n) is 2.07. The summed E-state index contributed by atoms with van der Waals surface area (Å²) in [5, 5.41) is 6.79. The van der Waals surface area contributed by atoms with Gasteiger partial charge in [0.2, 0.25) is 0 Å². The number of hydrogen-bond donors (Lipinski definition) is 2. The van der Waals surface area contributed by atoms with Gasteiger partial charge >= 0.3 is 0 Å². The van der Waals surface area contributed by atoms with Crippen molar-refractivity contribution in [3.63, 3.8) is 0 Å². The molecule has 0 aliphatic carbocycles. The van der Waals surface area contributed by atoms with Gasteiger partial charge in [-0.05, 0) is 31.4 Å². The molecule has 2 N–H and O–H groups in total. The summed E-state index contributed by atoms with van der Waals surface area (Å²) in [4.78, 5) is 8.39. The molecule has 1 aromatic heterocycles. The van der Waals surface area contributed by atoms with Crippen LogP contribution in [0.5, 0.6) is 0 Å². The summed E-state index contributed by atoms with van der Waals surface area (Å²) in [6.45, 7) is 5.31. The number of unbranched alkanes of at least 4 members (excludes halogenated alkanes) is 2. The first-order valence-electron chi connectivity index (χ1n) is 7.62. The van der Waals surface area contributed by atoms with Crippen LogP contribution < -0.4 is 10.6 Å². The van der Waals surface area contributed by atoms with Gasteiger partial charge in [0.1, 0.15) is 0 Å². The van der Waals surface area contributed by atoms with Crippen molar-refractivity contribution in [3.05, 3.63) is 30.1 Å². The number of nitrogens with zero attached hydrogens (tertiary/aromatic N) is 2. The van der Waals surface area contributed by atoms with E-state index in [1.807, 2.05) is 19.3 Å². The van der Waals surface area contributed by atoms with E-state index < -0.39 is 0 Å². The fraction of sp³-hybridized carbons (Fsp3) is 0.625. The van der Waals surface area contributed by atoms with Gasteiger partial charge in [0.15, 0.2) is 5.96 Å².